The van der Waals surface area contributed by atoms with Crippen LogP contribution in [0.3, 0.4) is 0 Å². The van der Waals surface area contributed by atoms with Gasteiger partial charge >= 0.3 is 0 Å². The Morgan fingerprint density at radius 3 is 2.60 bits per heavy atom. The molecule has 0 fully saturated rings. The lowest BCUT2D eigenvalue weighted by atomic mass is 10.2. The average Bonchev–Trinajstić information content (AvgIpc) is 2.79. The van der Waals surface area contributed by atoms with Crippen LogP contribution >= 0.6 is 22.9 Å². The summed E-state index contributed by atoms with van der Waals surface area (Å²) in [4.78, 5) is 14.9. The molecule has 0 atom stereocenters. The van der Waals surface area contributed by atoms with E-state index in [9.17, 15) is 4.79 Å². The molecule has 0 saturated carbocycles. The second kappa shape index (κ2) is 6.88. The summed E-state index contributed by atoms with van der Waals surface area (Å²) in [5.41, 5.74) is 7.64. The zero-order valence-electron chi connectivity index (χ0n) is 11.3. The predicted octanol–water partition coefficient (Wildman–Crippen LogP) is 3.31. The molecule has 2 N–H and O–H groups in total. The third-order valence-electron chi connectivity index (χ3n) is 3.00. The number of nitrogens with zero attached hydrogens (tertiary/aromatic N) is 1. The van der Waals surface area contributed by atoms with Crippen molar-refractivity contribution in [2.24, 2.45) is 5.73 Å². The molecular formula is C15H17ClN2OS. The van der Waals surface area contributed by atoms with Gasteiger partial charge in [0.15, 0.2) is 0 Å². The first-order chi connectivity index (χ1) is 9.63. The Balaban J connectivity index is 2.20. The molecule has 0 spiro atoms. The minimum absolute atomic E-state index is 0.0533. The van der Waals surface area contributed by atoms with Gasteiger partial charge in [0.1, 0.15) is 4.88 Å². The molecule has 1 aromatic carbocycles. The van der Waals surface area contributed by atoms with E-state index in [2.05, 4.69) is 0 Å². The molecular weight excluding hydrogens is 292 g/mol. The lowest BCUT2D eigenvalue weighted by Gasteiger charge is -2.21. The summed E-state index contributed by atoms with van der Waals surface area (Å²) in [7, 11) is 0. The SMILES string of the molecule is Cc1csc(C(=O)N(CCN)Cc2ccccc2)c1Cl. The number of hydrogen-bond acceptors (Lipinski definition) is 3. The fraction of sp³-hybridized carbons (Fsp3) is 0.267. The molecule has 0 aliphatic rings. The lowest BCUT2D eigenvalue weighted by Crippen LogP contribution is -2.34. The van der Waals surface area contributed by atoms with E-state index in [0.29, 0.717) is 29.5 Å². The number of amides is 1. The van der Waals surface area contributed by atoms with Gasteiger partial charge in [0.05, 0.1) is 5.02 Å². The van der Waals surface area contributed by atoms with E-state index >= 15 is 0 Å². The summed E-state index contributed by atoms with van der Waals surface area (Å²) >= 11 is 7.57. The minimum Gasteiger partial charge on any atom is -0.332 e. The molecule has 20 heavy (non-hydrogen) atoms. The van der Waals surface area contributed by atoms with Crippen molar-refractivity contribution >= 4 is 28.8 Å². The van der Waals surface area contributed by atoms with Crippen molar-refractivity contribution in [2.45, 2.75) is 13.5 Å². The van der Waals surface area contributed by atoms with Gasteiger partial charge in [-0.05, 0) is 23.4 Å². The van der Waals surface area contributed by atoms with Gasteiger partial charge in [0, 0.05) is 19.6 Å². The number of benzene rings is 1. The molecule has 2 aromatic rings. The van der Waals surface area contributed by atoms with Crippen LogP contribution in [0.5, 0.6) is 0 Å². The van der Waals surface area contributed by atoms with Gasteiger partial charge in [-0.15, -0.1) is 11.3 Å². The van der Waals surface area contributed by atoms with E-state index in [1.807, 2.05) is 42.6 Å². The average molecular weight is 309 g/mol. The Kier molecular flexibility index (Phi) is 5.17. The number of halogens is 1. The van der Waals surface area contributed by atoms with Crippen molar-refractivity contribution in [1.82, 2.24) is 4.90 Å². The van der Waals surface area contributed by atoms with Crippen molar-refractivity contribution in [1.29, 1.82) is 0 Å². The smallest absolute Gasteiger partial charge is 0.265 e. The van der Waals surface area contributed by atoms with Crippen LogP contribution in [0.1, 0.15) is 20.8 Å². The topological polar surface area (TPSA) is 46.3 Å². The summed E-state index contributed by atoms with van der Waals surface area (Å²) in [5, 5.41) is 2.45. The monoisotopic (exact) mass is 308 g/mol. The molecule has 0 unspecified atom stereocenters. The predicted molar refractivity (Wildman–Crippen MR) is 84.3 cm³/mol. The fourth-order valence-electron chi connectivity index (χ4n) is 1.93. The van der Waals surface area contributed by atoms with Gasteiger partial charge in [-0.3, -0.25) is 4.79 Å². The van der Waals surface area contributed by atoms with Crippen LogP contribution in [0.15, 0.2) is 35.7 Å². The van der Waals surface area contributed by atoms with E-state index in [1.54, 1.807) is 4.90 Å². The summed E-state index contributed by atoms with van der Waals surface area (Å²) in [6.07, 6.45) is 0. The van der Waals surface area contributed by atoms with Gasteiger partial charge in [-0.2, -0.15) is 0 Å². The quantitative estimate of drug-likeness (QED) is 0.921. The summed E-state index contributed by atoms with van der Waals surface area (Å²) in [5.74, 6) is -0.0533. The van der Waals surface area contributed by atoms with Gasteiger partial charge < -0.3 is 10.6 Å². The van der Waals surface area contributed by atoms with Crippen molar-refractivity contribution in [3.05, 3.63) is 56.7 Å². The standard InChI is InChI=1S/C15H17ClN2OS/c1-11-10-20-14(13(11)16)15(19)18(8-7-17)9-12-5-3-2-4-6-12/h2-6,10H,7-9,17H2,1H3. The van der Waals surface area contributed by atoms with Crippen LogP contribution in [0.4, 0.5) is 0 Å². The Hall–Kier alpha value is -1.36. The Bertz CT molecular complexity index is 583. The third-order valence-corrected chi connectivity index (χ3v) is 4.68. The lowest BCUT2D eigenvalue weighted by molar-refractivity contribution is 0.0753. The third kappa shape index (κ3) is 3.39. The highest BCUT2D eigenvalue weighted by Crippen LogP contribution is 2.28. The Morgan fingerprint density at radius 1 is 1.35 bits per heavy atom. The van der Waals surface area contributed by atoms with Crippen LogP contribution in [0.2, 0.25) is 5.02 Å². The number of aryl methyl sites for hydroxylation is 1. The van der Waals surface area contributed by atoms with Crippen LogP contribution in [-0.4, -0.2) is 23.9 Å². The zero-order valence-corrected chi connectivity index (χ0v) is 12.9. The summed E-state index contributed by atoms with van der Waals surface area (Å²) in [6, 6.07) is 9.87. The molecule has 106 valence electrons. The first-order valence-electron chi connectivity index (χ1n) is 6.40. The molecule has 1 heterocycles. The molecule has 1 amide bonds. The summed E-state index contributed by atoms with van der Waals surface area (Å²) in [6.45, 7) is 3.39. The van der Waals surface area contributed by atoms with E-state index < -0.39 is 0 Å². The maximum absolute atomic E-state index is 12.6. The van der Waals surface area contributed by atoms with E-state index in [1.165, 1.54) is 11.3 Å². The molecule has 1 aromatic heterocycles. The number of thiophene rings is 1. The highest BCUT2D eigenvalue weighted by atomic mass is 35.5. The second-order valence-corrected chi connectivity index (χ2v) is 5.82. The van der Waals surface area contributed by atoms with Crippen molar-refractivity contribution < 1.29 is 4.79 Å². The Labute approximate surface area is 128 Å². The molecule has 0 aliphatic heterocycles. The van der Waals surface area contributed by atoms with Crippen LogP contribution < -0.4 is 5.73 Å². The van der Waals surface area contributed by atoms with Gasteiger partial charge in [0.25, 0.3) is 5.91 Å². The Morgan fingerprint density at radius 2 is 2.05 bits per heavy atom. The number of rotatable bonds is 5. The molecule has 3 nitrogen and oxygen atoms in total. The van der Waals surface area contributed by atoms with E-state index in [0.717, 1.165) is 11.1 Å². The number of hydrogen-bond donors (Lipinski definition) is 1. The van der Waals surface area contributed by atoms with E-state index in [4.69, 9.17) is 17.3 Å². The van der Waals surface area contributed by atoms with Gasteiger partial charge in [0.2, 0.25) is 0 Å². The van der Waals surface area contributed by atoms with Gasteiger partial charge in [-0.1, -0.05) is 41.9 Å². The highest BCUT2D eigenvalue weighted by molar-refractivity contribution is 7.13. The van der Waals surface area contributed by atoms with Crippen LogP contribution in [-0.2, 0) is 6.54 Å². The number of carbonyl (C=O) groups excluding carboxylic acids is 1. The number of carbonyl (C=O) groups is 1. The molecule has 0 saturated heterocycles. The number of nitrogens with two attached hydrogens (primary N) is 1. The molecule has 0 radical (unpaired) electrons. The van der Waals surface area contributed by atoms with Crippen molar-refractivity contribution in [2.75, 3.05) is 13.1 Å². The molecule has 0 aliphatic carbocycles. The zero-order chi connectivity index (χ0) is 14.5. The van der Waals surface area contributed by atoms with Crippen molar-refractivity contribution in [3.8, 4) is 0 Å². The fourth-order valence-corrected chi connectivity index (χ4v) is 3.17. The first kappa shape index (κ1) is 15.0. The van der Waals surface area contributed by atoms with Gasteiger partial charge in [-0.25, -0.2) is 0 Å². The van der Waals surface area contributed by atoms with Crippen molar-refractivity contribution in [3.63, 3.8) is 0 Å². The minimum atomic E-state index is -0.0533. The molecule has 0 bridgehead atoms. The highest BCUT2D eigenvalue weighted by Gasteiger charge is 2.20. The second-order valence-electron chi connectivity index (χ2n) is 4.56. The largest absolute Gasteiger partial charge is 0.332 e. The molecule has 5 heteroatoms. The van der Waals surface area contributed by atoms with E-state index in [-0.39, 0.29) is 5.91 Å². The maximum atomic E-state index is 12.6. The first-order valence-corrected chi connectivity index (χ1v) is 7.66. The van der Waals surface area contributed by atoms with Crippen LogP contribution in [0, 0.1) is 6.92 Å². The normalized spacial score (nSPS) is 10.6. The summed E-state index contributed by atoms with van der Waals surface area (Å²) < 4.78 is 0. The molecule has 2 rings (SSSR count). The van der Waals surface area contributed by atoms with Crippen LogP contribution in [0.25, 0.3) is 0 Å². The maximum Gasteiger partial charge on any atom is 0.265 e.